The van der Waals surface area contributed by atoms with Crippen LogP contribution in [0, 0.1) is 5.82 Å². The molecular weight excluding hydrogens is 657 g/mol. The molecule has 0 aliphatic rings. The minimum Gasteiger partial charge on any atom is -0.493 e. The van der Waals surface area contributed by atoms with Crippen LogP contribution in [0.3, 0.4) is 0 Å². The van der Waals surface area contributed by atoms with Crippen LogP contribution >= 0.6 is 11.6 Å². The van der Waals surface area contributed by atoms with Crippen molar-refractivity contribution in [1.29, 1.82) is 0 Å². The quantitative estimate of drug-likeness (QED) is 0.139. The number of nitrogens with one attached hydrogen (secondary N) is 1. The number of nitrogens with zero attached hydrogens (tertiary/aromatic N) is 2. The second kappa shape index (κ2) is 17.0. The minimum absolute atomic E-state index is 0.0456. The number of hydrogen-bond acceptors (Lipinski definition) is 6. The number of halogens is 2. The summed E-state index contributed by atoms with van der Waals surface area (Å²) >= 11 is 6.54. The van der Waals surface area contributed by atoms with Gasteiger partial charge in [-0.1, -0.05) is 73.5 Å². The van der Waals surface area contributed by atoms with Crippen molar-refractivity contribution < 1.29 is 31.9 Å². The molecule has 0 aliphatic carbocycles. The van der Waals surface area contributed by atoms with Gasteiger partial charge in [-0.25, -0.2) is 12.8 Å². The van der Waals surface area contributed by atoms with Crippen molar-refractivity contribution in [3.8, 4) is 11.5 Å². The van der Waals surface area contributed by atoms with Crippen LogP contribution < -0.4 is 19.1 Å². The van der Waals surface area contributed by atoms with Gasteiger partial charge in [0.05, 0.1) is 24.8 Å². The molecule has 48 heavy (non-hydrogen) atoms. The van der Waals surface area contributed by atoms with Crippen LogP contribution in [0.2, 0.25) is 5.02 Å². The highest BCUT2D eigenvalue weighted by Gasteiger charge is 2.35. The normalized spacial score (nSPS) is 11.8. The number of hydrogen-bond donors (Lipinski definition) is 1. The number of rotatable bonds is 16. The molecule has 12 heteroatoms. The first-order valence-electron chi connectivity index (χ1n) is 15.4. The van der Waals surface area contributed by atoms with Gasteiger partial charge in [0.15, 0.2) is 11.5 Å². The molecule has 0 saturated carbocycles. The van der Waals surface area contributed by atoms with Crippen LogP contribution in [0.15, 0.2) is 102 Å². The highest BCUT2D eigenvalue weighted by atomic mass is 35.5. The third kappa shape index (κ3) is 9.05. The Hall–Kier alpha value is -4.61. The van der Waals surface area contributed by atoms with Gasteiger partial charge in [0.25, 0.3) is 10.0 Å². The average Bonchev–Trinajstić information content (AvgIpc) is 3.09. The van der Waals surface area contributed by atoms with Crippen LogP contribution in [0.5, 0.6) is 11.5 Å². The van der Waals surface area contributed by atoms with Gasteiger partial charge >= 0.3 is 0 Å². The van der Waals surface area contributed by atoms with Crippen LogP contribution in [0.1, 0.15) is 30.9 Å². The molecule has 0 spiro atoms. The zero-order valence-corrected chi connectivity index (χ0v) is 28.6. The van der Waals surface area contributed by atoms with E-state index < -0.39 is 34.3 Å². The second-order valence-corrected chi connectivity index (χ2v) is 13.2. The van der Waals surface area contributed by atoms with Crippen molar-refractivity contribution in [1.82, 2.24) is 10.2 Å². The topological polar surface area (TPSA) is 105 Å². The molecule has 1 unspecified atom stereocenters. The van der Waals surface area contributed by atoms with E-state index in [1.54, 1.807) is 24.3 Å². The first-order chi connectivity index (χ1) is 23.1. The van der Waals surface area contributed by atoms with E-state index >= 15 is 0 Å². The lowest BCUT2D eigenvalue weighted by atomic mass is 10.0. The van der Waals surface area contributed by atoms with Gasteiger partial charge in [0.1, 0.15) is 18.4 Å². The zero-order valence-electron chi connectivity index (χ0n) is 27.1. The molecule has 4 aromatic rings. The molecule has 0 heterocycles. The van der Waals surface area contributed by atoms with Crippen molar-refractivity contribution in [3.63, 3.8) is 0 Å². The van der Waals surface area contributed by atoms with Crippen LogP contribution in [0.25, 0.3) is 0 Å². The number of carbonyl (C=O) groups is 2. The number of sulfonamides is 1. The lowest BCUT2D eigenvalue weighted by molar-refractivity contribution is -0.140. The smallest absolute Gasteiger partial charge is 0.264 e. The van der Waals surface area contributed by atoms with E-state index in [4.69, 9.17) is 21.1 Å². The Morgan fingerprint density at radius 3 is 2.21 bits per heavy atom. The van der Waals surface area contributed by atoms with Crippen LogP contribution in [-0.2, 0) is 32.6 Å². The second-order valence-electron chi connectivity index (χ2n) is 11.0. The van der Waals surface area contributed by atoms with Crippen molar-refractivity contribution in [2.24, 2.45) is 0 Å². The lowest BCUT2D eigenvalue weighted by Gasteiger charge is -2.34. The van der Waals surface area contributed by atoms with Gasteiger partial charge in [0, 0.05) is 30.6 Å². The largest absolute Gasteiger partial charge is 0.493 e. The summed E-state index contributed by atoms with van der Waals surface area (Å²) in [5, 5.41) is 3.33. The first kappa shape index (κ1) is 36.2. The number of anilines is 1. The maximum Gasteiger partial charge on any atom is 0.264 e. The summed E-state index contributed by atoms with van der Waals surface area (Å²) in [6, 6.07) is 24.0. The number of amides is 2. The first-order valence-corrected chi connectivity index (χ1v) is 17.3. The average molecular weight is 696 g/mol. The molecule has 254 valence electrons. The predicted molar refractivity (Wildman–Crippen MR) is 184 cm³/mol. The summed E-state index contributed by atoms with van der Waals surface area (Å²) in [6.07, 6.45) is 1.75. The molecule has 0 radical (unpaired) electrons. The summed E-state index contributed by atoms with van der Waals surface area (Å²) in [4.78, 5) is 29.6. The maximum absolute atomic E-state index is 14.6. The summed E-state index contributed by atoms with van der Waals surface area (Å²) in [7, 11) is -1.66. The summed E-state index contributed by atoms with van der Waals surface area (Å²) in [6.45, 7) is 1.62. The van der Waals surface area contributed by atoms with Gasteiger partial charge in [-0.2, -0.15) is 0 Å². The number of ether oxygens (including phenoxy) is 2. The fraction of sp³-hybridized carbons (Fsp3) is 0.278. The van der Waals surface area contributed by atoms with Crippen molar-refractivity contribution in [2.75, 3.05) is 31.6 Å². The van der Waals surface area contributed by atoms with E-state index in [2.05, 4.69) is 5.32 Å². The van der Waals surface area contributed by atoms with Gasteiger partial charge < -0.3 is 19.7 Å². The highest BCUT2D eigenvalue weighted by molar-refractivity contribution is 7.92. The molecule has 1 atom stereocenters. The molecule has 9 nitrogen and oxygen atoms in total. The Balaban J connectivity index is 1.82. The molecule has 1 N–H and O–H groups in total. The molecule has 0 aliphatic heterocycles. The molecule has 2 amide bonds. The van der Waals surface area contributed by atoms with Crippen molar-refractivity contribution in [2.45, 2.75) is 43.7 Å². The van der Waals surface area contributed by atoms with E-state index in [-0.39, 0.29) is 35.2 Å². The Labute approximate surface area is 286 Å². The Bertz CT molecular complexity index is 1790. The van der Waals surface area contributed by atoms with Gasteiger partial charge in [-0.3, -0.25) is 13.9 Å². The lowest BCUT2D eigenvalue weighted by Crippen LogP contribution is -2.53. The standard InChI is InChI=1S/C36H39ClFN3O6S/c1-4-5-21-39-36(43)32(22-26-11-7-6-8-12-26)40(24-27-13-9-10-14-31(27)37)35(42)25-41(29-17-15-28(38)16-18-29)48(44,45)30-19-20-33(46-2)34(23-30)47-3/h6-20,23,32H,4-5,21-22,24-25H2,1-3H3,(H,39,43). The summed E-state index contributed by atoms with van der Waals surface area (Å²) < 4.78 is 54.1. The molecule has 4 rings (SSSR count). The Kier molecular flexibility index (Phi) is 12.8. The number of methoxy groups -OCH3 is 2. The SMILES string of the molecule is CCCCNC(=O)C(Cc1ccccc1)N(Cc1ccccc1Cl)C(=O)CN(c1ccc(F)cc1)S(=O)(=O)c1ccc(OC)c(OC)c1. The number of benzene rings is 4. The Morgan fingerprint density at radius 2 is 1.56 bits per heavy atom. The maximum atomic E-state index is 14.6. The summed E-state index contributed by atoms with van der Waals surface area (Å²) in [5.74, 6) is -1.17. The van der Waals surface area contributed by atoms with Crippen molar-refractivity contribution in [3.05, 3.63) is 119 Å². The van der Waals surface area contributed by atoms with Gasteiger partial charge in [-0.05, 0) is 60.0 Å². The Morgan fingerprint density at radius 1 is 0.896 bits per heavy atom. The monoisotopic (exact) mass is 695 g/mol. The van der Waals surface area contributed by atoms with Crippen LogP contribution in [0.4, 0.5) is 10.1 Å². The van der Waals surface area contributed by atoms with E-state index in [0.717, 1.165) is 34.8 Å². The third-order valence-corrected chi connectivity index (χ3v) is 9.87. The fourth-order valence-corrected chi connectivity index (χ4v) is 6.74. The van der Waals surface area contributed by atoms with E-state index in [9.17, 15) is 22.4 Å². The van der Waals surface area contributed by atoms with Crippen molar-refractivity contribution >= 4 is 39.1 Å². The molecule has 0 saturated heterocycles. The summed E-state index contributed by atoms with van der Waals surface area (Å²) in [5.41, 5.74) is 1.42. The van der Waals surface area contributed by atoms with E-state index in [1.165, 1.54) is 49.5 Å². The molecular formula is C36H39ClFN3O6S. The third-order valence-electron chi connectivity index (χ3n) is 7.74. The van der Waals surface area contributed by atoms with Crippen LogP contribution in [-0.4, -0.2) is 58.5 Å². The number of carbonyl (C=O) groups excluding carboxylic acids is 2. The molecule has 0 aromatic heterocycles. The highest BCUT2D eigenvalue weighted by Crippen LogP contribution is 2.32. The number of unbranched alkanes of at least 4 members (excludes halogenated alkanes) is 1. The van der Waals surface area contributed by atoms with Gasteiger partial charge in [-0.15, -0.1) is 0 Å². The minimum atomic E-state index is -4.46. The zero-order chi connectivity index (χ0) is 34.7. The fourth-order valence-electron chi connectivity index (χ4n) is 5.11. The van der Waals surface area contributed by atoms with Gasteiger partial charge in [0.2, 0.25) is 11.8 Å². The molecule has 4 aromatic carbocycles. The van der Waals surface area contributed by atoms with E-state index in [1.807, 2.05) is 37.3 Å². The molecule has 0 bridgehead atoms. The molecule has 0 fully saturated rings. The predicted octanol–water partition coefficient (Wildman–Crippen LogP) is 6.25. The van der Waals surface area contributed by atoms with E-state index in [0.29, 0.717) is 22.9 Å².